The number of aryl methyl sites for hydroxylation is 2. The summed E-state index contributed by atoms with van der Waals surface area (Å²) in [5, 5.41) is 12.5. The first-order chi connectivity index (χ1) is 11.6. The first-order valence-electron chi connectivity index (χ1n) is 7.72. The Bertz CT molecular complexity index is 953. The average molecular weight is 315 g/mol. The monoisotopic (exact) mass is 315 g/mol. The van der Waals surface area contributed by atoms with Crippen LogP contribution in [0.15, 0.2) is 48.5 Å². The second-order valence-corrected chi connectivity index (χ2v) is 5.82. The van der Waals surface area contributed by atoms with Crippen molar-refractivity contribution < 1.29 is 4.79 Å². The number of hydrogen-bond acceptors (Lipinski definition) is 3. The number of fused-ring (bicyclic) bond motifs is 1. The second kappa shape index (κ2) is 6.51. The van der Waals surface area contributed by atoms with Gasteiger partial charge in [-0.15, -0.1) is 0 Å². The van der Waals surface area contributed by atoms with Crippen LogP contribution in [0.2, 0.25) is 0 Å². The molecule has 3 aromatic rings. The summed E-state index contributed by atoms with van der Waals surface area (Å²) in [4.78, 5) is 17.2. The third-order valence-corrected chi connectivity index (χ3v) is 3.83. The highest BCUT2D eigenvalue weighted by Gasteiger charge is 2.12. The minimum atomic E-state index is -0.163. The van der Waals surface area contributed by atoms with E-state index in [1.807, 2.05) is 56.3 Å². The molecular weight excluding hydrogens is 298 g/mol. The van der Waals surface area contributed by atoms with Crippen LogP contribution < -0.4 is 5.32 Å². The third-order valence-electron chi connectivity index (χ3n) is 3.83. The van der Waals surface area contributed by atoms with Crippen LogP contribution in [0, 0.1) is 25.2 Å². The number of rotatable bonds is 3. The molecule has 1 heterocycles. The number of nitrogens with one attached hydrogen (secondary N) is 1. The van der Waals surface area contributed by atoms with E-state index in [1.54, 1.807) is 6.07 Å². The molecule has 0 aliphatic carbocycles. The van der Waals surface area contributed by atoms with E-state index in [9.17, 15) is 4.79 Å². The maximum absolute atomic E-state index is 12.7. The fourth-order valence-electron chi connectivity index (χ4n) is 2.66. The molecule has 2 aromatic carbocycles. The van der Waals surface area contributed by atoms with Gasteiger partial charge >= 0.3 is 0 Å². The standard InChI is InChI=1S/C20H17N3O/c1-13-3-8-19-17(11-13)18(12-14(2)22-19)20(24)23-16-6-4-15(5-7-16)9-10-21/h3-8,11-12H,9H2,1-2H3,(H,23,24). The molecule has 1 amide bonds. The Labute approximate surface area is 140 Å². The smallest absolute Gasteiger partial charge is 0.256 e. The lowest BCUT2D eigenvalue weighted by Gasteiger charge is -2.10. The van der Waals surface area contributed by atoms with Gasteiger partial charge in [-0.3, -0.25) is 9.78 Å². The molecule has 0 saturated heterocycles. The maximum Gasteiger partial charge on any atom is 0.256 e. The average Bonchev–Trinajstić information content (AvgIpc) is 2.56. The van der Waals surface area contributed by atoms with E-state index < -0.39 is 0 Å². The van der Waals surface area contributed by atoms with Crippen molar-refractivity contribution in [2.24, 2.45) is 0 Å². The summed E-state index contributed by atoms with van der Waals surface area (Å²) in [6, 6.07) is 17.1. The van der Waals surface area contributed by atoms with Crippen LogP contribution in [-0.4, -0.2) is 10.9 Å². The molecular formula is C20H17N3O. The van der Waals surface area contributed by atoms with Crippen molar-refractivity contribution in [3.8, 4) is 6.07 Å². The molecule has 0 atom stereocenters. The highest BCUT2D eigenvalue weighted by Crippen LogP contribution is 2.21. The van der Waals surface area contributed by atoms with E-state index >= 15 is 0 Å². The van der Waals surface area contributed by atoms with Crippen molar-refractivity contribution in [1.82, 2.24) is 4.98 Å². The lowest BCUT2D eigenvalue weighted by atomic mass is 10.0. The predicted octanol–water partition coefficient (Wildman–Crippen LogP) is 4.17. The van der Waals surface area contributed by atoms with Gasteiger partial charge in [0.25, 0.3) is 5.91 Å². The van der Waals surface area contributed by atoms with Gasteiger partial charge in [-0.05, 0) is 49.7 Å². The van der Waals surface area contributed by atoms with E-state index in [2.05, 4.69) is 16.4 Å². The van der Waals surface area contributed by atoms with Crippen molar-refractivity contribution in [2.75, 3.05) is 5.32 Å². The summed E-state index contributed by atoms with van der Waals surface area (Å²) in [6.07, 6.45) is 0.363. The molecule has 0 fully saturated rings. The minimum Gasteiger partial charge on any atom is -0.322 e. The lowest BCUT2D eigenvalue weighted by Crippen LogP contribution is -2.13. The highest BCUT2D eigenvalue weighted by molar-refractivity contribution is 6.12. The van der Waals surface area contributed by atoms with E-state index in [4.69, 9.17) is 5.26 Å². The van der Waals surface area contributed by atoms with E-state index in [0.717, 1.165) is 27.7 Å². The summed E-state index contributed by atoms with van der Waals surface area (Å²) in [5.41, 5.74) is 4.95. The van der Waals surface area contributed by atoms with Gasteiger partial charge < -0.3 is 5.32 Å². The number of anilines is 1. The number of nitrogens with zero attached hydrogens (tertiary/aromatic N) is 2. The predicted molar refractivity (Wildman–Crippen MR) is 94.9 cm³/mol. The van der Waals surface area contributed by atoms with Gasteiger partial charge in [0.15, 0.2) is 0 Å². The first-order valence-corrected chi connectivity index (χ1v) is 7.72. The number of pyridine rings is 1. The molecule has 24 heavy (non-hydrogen) atoms. The van der Waals surface area contributed by atoms with E-state index in [0.29, 0.717) is 17.7 Å². The number of carbonyl (C=O) groups excluding carboxylic acids is 1. The topological polar surface area (TPSA) is 65.8 Å². The Morgan fingerprint density at radius 2 is 1.88 bits per heavy atom. The zero-order chi connectivity index (χ0) is 17.1. The number of hydrogen-bond donors (Lipinski definition) is 1. The van der Waals surface area contributed by atoms with Crippen molar-refractivity contribution >= 4 is 22.5 Å². The largest absolute Gasteiger partial charge is 0.322 e. The fourth-order valence-corrected chi connectivity index (χ4v) is 2.66. The van der Waals surface area contributed by atoms with Crippen LogP contribution >= 0.6 is 0 Å². The van der Waals surface area contributed by atoms with Gasteiger partial charge in [-0.25, -0.2) is 0 Å². The summed E-state index contributed by atoms with van der Waals surface area (Å²) in [6.45, 7) is 3.88. The van der Waals surface area contributed by atoms with E-state index in [-0.39, 0.29) is 5.91 Å². The Balaban J connectivity index is 1.93. The van der Waals surface area contributed by atoms with Crippen LogP contribution in [0.3, 0.4) is 0 Å². The van der Waals surface area contributed by atoms with Gasteiger partial charge in [0, 0.05) is 16.8 Å². The molecule has 4 heteroatoms. The molecule has 0 bridgehead atoms. The third kappa shape index (κ3) is 3.26. The van der Waals surface area contributed by atoms with Crippen molar-refractivity contribution in [3.05, 3.63) is 70.9 Å². The first kappa shape index (κ1) is 15.7. The number of amides is 1. The number of carbonyl (C=O) groups is 1. The highest BCUT2D eigenvalue weighted by atomic mass is 16.1. The van der Waals surface area contributed by atoms with Gasteiger partial charge in [0.05, 0.1) is 23.6 Å². The van der Waals surface area contributed by atoms with Crippen LogP contribution in [0.5, 0.6) is 0 Å². The van der Waals surface area contributed by atoms with Crippen LogP contribution in [0.1, 0.15) is 27.2 Å². The Hall–Kier alpha value is -3.19. The normalized spacial score (nSPS) is 10.4. The summed E-state index contributed by atoms with van der Waals surface area (Å²) in [5.74, 6) is -0.163. The molecule has 0 saturated carbocycles. The summed E-state index contributed by atoms with van der Waals surface area (Å²) >= 11 is 0. The minimum absolute atomic E-state index is 0.163. The molecule has 1 aromatic heterocycles. The SMILES string of the molecule is Cc1ccc2nc(C)cc(C(=O)Nc3ccc(CC#N)cc3)c2c1. The van der Waals surface area contributed by atoms with Gasteiger partial charge in [-0.2, -0.15) is 5.26 Å². The Kier molecular flexibility index (Phi) is 4.26. The van der Waals surface area contributed by atoms with Gasteiger partial charge in [0.1, 0.15) is 0 Å². The molecule has 0 aliphatic rings. The summed E-state index contributed by atoms with van der Waals surface area (Å²) in [7, 11) is 0. The van der Waals surface area contributed by atoms with Crippen LogP contribution in [0.4, 0.5) is 5.69 Å². The zero-order valence-electron chi connectivity index (χ0n) is 13.6. The molecule has 0 unspecified atom stereocenters. The van der Waals surface area contributed by atoms with Crippen molar-refractivity contribution in [3.63, 3.8) is 0 Å². The zero-order valence-corrected chi connectivity index (χ0v) is 13.6. The Morgan fingerprint density at radius 3 is 2.58 bits per heavy atom. The summed E-state index contributed by atoms with van der Waals surface area (Å²) < 4.78 is 0. The van der Waals surface area contributed by atoms with Crippen LogP contribution in [0.25, 0.3) is 10.9 Å². The maximum atomic E-state index is 12.7. The van der Waals surface area contributed by atoms with Gasteiger partial charge in [-0.1, -0.05) is 23.8 Å². The molecule has 0 radical (unpaired) electrons. The van der Waals surface area contributed by atoms with Crippen molar-refractivity contribution in [1.29, 1.82) is 5.26 Å². The quantitative estimate of drug-likeness (QED) is 0.789. The number of benzene rings is 2. The van der Waals surface area contributed by atoms with Crippen molar-refractivity contribution in [2.45, 2.75) is 20.3 Å². The lowest BCUT2D eigenvalue weighted by molar-refractivity contribution is 0.102. The van der Waals surface area contributed by atoms with Crippen LogP contribution in [-0.2, 0) is 6.42 Å². The molecule has 3 rings (SSSR count). The van der Waals surface area contributed by atoms with Gasteiger partial charge in [0.2, 0.25) is 0 Å². The number of aromatic nitrogens is 1. The Morgan fingerprint density at radius 1 is 1.12 bits per heavy atom. The second-order valence-electron chi connectivity index (χ2n) is 5.82. The molecule has 118 valence electrons. The molecule has 4 nitrogen and oxygen atoms in total. The molecule has 0 spiro atoms. The molecule has 1 N–H and O–H groups in total. The van der Waals surface area contributed by atoms with E-state index in [1.165, 1.54) is 0 Å². The number of nitriles is 1. The fraction of sp³-hybridized carbons (Fsp3) is 0.150. The molecule has 0 aliphatic heterocycles.